The molecule has 128 valence electrons. The molecule has 1 fully saturated rings. The van der Waals surface area contributed by atoms with E-state index >= 15 is 0 Å². The highest BCUT2D eigenvalue weighted by atomic mass is 35.5. The zero-order valence-electron chi connectivity index (χ0n) is 14.2. The average Bonchev–Trinajstić information content (AvgIpc) is 3.38. The molecule has 1 aromatic heterocycles. The molecule has 5 nitrogen and oxygen atoms in total. The molecule has 0 radical (unpaired) electrons. The summed E-state index contributed by atoms with van der Waals surface area (Å²) in [4.78, 5) is 16.1. The Balaban J connectivity index is 1.92. The molecule has 1 unspecified atom stereocenters. The van der Waals surface area contributed by atoms with Gasteiger partial charge in [0.25, 0.3) is 0 Å². The molecule has 2 aromatic rings. The van der Waals surface area contributed by atoms with Crippen LogP contribution in [0.5, 0.6) is 0 Å². The first kappa shape index (κ1) is 17.0. The lowest BCUT2D eigenvalue weighted by atomic mass is 10.00. The quantitative estimate of drug-likeness (QED) is 0.722. The topological polar surface area (TPSA) is 51.0 Å². The van der Waals surface area contributed by atoms with Gasteiger partial charge >= 0.3 is 0 Å². The fourth-order valence-corrected chi connectivity index (χ4v) is 3.25. The number of aromatic nitrogens is 3. The van der Waals surface area contributed by atoms with Crippen LogP contribution in [0.2, 0.25) is 0 Å². The van der Waals surface area contributed by atoms with Crippen LogP contribution in [-0.4, -0.2) is 31.7 Å². The van der Waals surface area contributed by atoms with Crippen molar-refractivity contribution < 1.29 is 4.79 Å². The van der Waals surface area contributed by atoms with Gasteiger partial charge < -0.3 is 4.90 Å². The normalized spacial score (nSPS) is 15.3. The Morgan fingerprint density at radius 3 is 2.58 bits per heavy atom. The lowest BCUT2D eigenvalue weighted by Gasteiger charge is -2.31. The highest BCUT2D eigenvalue weighted by molar-refractivity contribution is 6.27. The summed E-state index contributed by atoms with van der Waals surface area (Å²) in [5.41, 5.74) is 2.88. The van der Waals surface area contributed by atoms with E-state index in [2.05, 4.69) is 22.3 Å². The molecule has 24 heavy (non-hydrogen) atoms. The lowest BCUT2D eigenvalue weighted by Crippen LogP contribution is -2.36. The van der Waals surface area contributed by atoms with E-state index < -0.39 is 0 Å². The van der Waals surface area contributed by atoms with Crippen LogP contribution in [0.25, 0.3) is 0 Å². The van der Waals surface area contributed by atoms with Crippen molar-refractivity contribution in [2.24, 2.45) is 5.92 Å². The summed E-state index contributed by atoms with van der Waals surface area (Å²) in [5.74, 6) is 0.431. The van der Waals surface area contributed by atoms with E-state index in [1.54, 1.807) is 4.80 Å². The molecule has 1 heterocycles. The van der Waals surface area contributed by atoms with Crippen LogP contribution in [0.4, 0.5) is 0 Å². The van der Waals surface area contributed by atoms with Crippen LogP contribution in [0.15, 0.2) is 30.3 Å². The fraction of sp³-hybridized carbons (Fsp3) is 0.500. The smallest absolute Gasteiger partial charge is 0.238 e. The standard InChI is InChI=1S/C18H23ClN4O/c1-3-23-20-13(2)16(21-23)12-22(17(24)11-19)18(15-9-10-15)14-7-5-4-6-8-14/h4-8,15,18H,3,9-12H2,1-2H3. The van der Waals surface area contributed by atoms with Crippen LogP contribution >= 0.6 is 11.6 Å². The average molecular weight is 347 g/mol. The molecular formula is C18H23ClN4O. The molecule has 1 atom stereocenters. The van der Waals surface area contributed by atoms with Gasteiger partial charge in [0, 0.05) is 0 Å². The maximum absolute atomic E-state index is 12.6. The van der Waals surface area contributed by atoms with E-state index in [0.717, 1.165) is 30.8 Å². The number of aryl methyl sites for hydroxylation is 2. The summed E-state index contributed by atoms with van der Waals surface area (Å²) >= 11 is 5.91. The van der Waals surface area contributed by atoms with E-state index in [1.165, 1.54) is 5.56 Å². The molecule has 1 aliphatic rings. The fourth-order valence-electron chi connectivity index (χ4n) is 3.10. The Bertz CT molecular complexity index is 696. The molecule has 0 aliphatic heterocycles. The zero-order valence-corrected chi connectivity index (χ0v) is 14.9. The first-order valence-electron chi connectivity index (χ1n) is 8.45. The van der Waals surface area contributed by atoms with E-state index in [1.807, 2.05) is 36.9 Å². The van der Waals surface area contributed by atoms with Gasteiger partial charge in [0.15, 0.2) is 0 Å². The number of benzene rings is 1. The van der Waals surface area contributed by atoms with Crippen molar-refractivity contribution in [3.05, 3.63) is 47.3 Å². The molecule has 0 saturated heterocycles. The van der Waals surface area contributed by atoms with Crippen molar-refractivity contribution in [1.82, 2.24) is 19.9 Å². The van der Waals surface area contributed by atoms with Gasteiger partial charge in [-0.3, -0.25) is 4.79 Å². The predicted octanol–water partition coefficient (Wildman–Crippen LogP) is 3.33. The highest BCUT2D eigenvalue weighted by Gasteiger charge is 2.38. The van der Waals surface area contributed by atoms with Crippen LogP contribution in [-0.2, 0) is 17.9 Å². The first-order chi connectivity index (χ1) is 11.6. The molecular weight excluding hydrogens is 324 g/mol. The molecule has 0 N–H and O–H groups in total. The second kappa shape index (κ2) is 7.34. The number of alkyl halides is 1. The highest BCUT2D eigenvalue weighted by Crippen LogP contribution is 2.45. The van der Waals surface area contributed by atoms with Crippen molar-refractivity contribution in [1.29, 1.82) is 0 Å². The molecule has 1 saturated carbocycles. The van der Waals surface area contributed by atoms with Gasteiger partial charge in [-0.05, 0) is 38.2 Å². The molecule has 0 spiro atoms. The summed E-state index contributed by atoms with van der Waals surface area (Å²) in [6, 6.07) is 10.3. The van der Waals surface area contributed by atoms with Crippen molar-refractivity contribution in [2.75, 3.05) is 5.88 Å². The second-order valence-corrected chi connectivity index (χ2v) is 6.54. The molecule has 6 heteroatoms. The van der Waals surface area contributed by atoms with Gasteiger partial charge in [0.1, 0.15) is 11.6 Å². The van der Waals surface area contributed by atoms with Gasteiger partial charge in [0.2, 0.25) is 5.91 Å². The van der Waals surface area contributed by atoms with Crippen LogP contribution in [0.1, 0.15) is 42.8 Å². The Morgan fingerprint density at radius 2 is 2.04 bits per heavy atom. The number of hydrogen-bond acceptors (Lipinski definition) is 3. The summed E-state index contributed by atoms with van der Waals surface area (Å²) in [5, 5.41) is 8.90. The lowest BCUT2D eigenvalue weighted by molar-refractivity contribution is -0.132. The number of nitrogens with zero attached hydrogens (tertiary/aromatic N) is 4. The van der Waals surface area contributed by atoms with E-state index in [4.69, 9.17) is 11.6 Å². The molecule has 1 aliphatic carbocycles. The third kappa shape index (κ3) is 3.61. The third-order valence-corrected chi connectivity index (χ3v) is 4.73. The number of hydrogen-bond donors (Lipinski definition) is 0. The Labute approximate surface area is 147 Å². The minimum atomic E-state index is -0.0529. The maximum Gasteiger partial charge on any atom is 0.238 e. The minimum Gasteiger partial charge on any atom is -0.328 e. The van der Waals surface area contributed by atoms with Gasteiger partial charge in [-0.15, -0.1) is 11.6 Å². The van der Waals surface area contributed by atoms with Gasteiger partial charge in [-0.25, -0.2) is 0 Å². The largest absolute Gasteiger partial charge is 0.328 e. The van der Waals surface area contributed by atoms with Crippen LogP contribution < -0.4 is 0 Å². The Morgan fingerprint density at radius 1 is 1.33 bits per heavy atom. The molecule has 3 rings (SSSR count). The first-order valence-corrected chi connectivity index (χ1v) is 8.98. The SMILES string of the molecule is CCn1nc(C)c(CN(C(=O)CCl)C(c2ccccc2)C2CC2)n1. The number of carbonyl (C=O) groups is 1. The van der Waals surface area contributed by atoms with Crippen LogP contribution in [0.3, 0.4) is 0 Å². The van der Waals surface area contributed by atoms with Crippen molar-refractivity contribution in [3.63, 3.8) is 0 Å². The molecule has 0 bridgehead atoms. The minimum absolute atomic E-state index is 0.0168. The van der Waals surface area contributed by atoms with Crippen molar-refractivity contribution in [2.45, 2.75) is 45.8 Å². The third-order valence-electron chi connectivity index (χ3n) is 4.50. The maximum atomic E-state index is 12.6. The molecule has 1 aromatic carbocycles. The van der Waals surface area contributed by atoms with Gasteiger partial charge in [-0.2, -0.15) is 15.0 Å². The monoisotopic (exact) mass is 346 g/mol. The van der Waals surface area contributed by atoms with E-state index in [-0.39, 0.29) is 17.8 Å². The van der Waals surface area contributed by atoms with E-state index in [9.17, 15) is 4.79 Å². The number of rotatable bonds is 7. The number of carbonyl (C=O) groups excluding carboxylic acids is 1. The van der Waals surface area contributed by atoms with Crippen LogP contribution in [0, 0.1) is 12.8 Å². The second-order valence-electron chi connectivity index (χ2n) is 6.27. The Kier molecular flexibility index (Phi) is 5.19. The molecule has 1 amide bonds. The zero-order chi connectivity index (χ0) is 17.1. The Hall–Kier alpha value is -1.88. The summed E-state index contributed by atoms with van der Waals surface area (Å²) in [6.07, 6.45) is 2.29. The van der Waals surface area contributed by atoms with Crippen molar-refractivity contribution in [3.8, 4) is 0 Å². The number of amides is 1. The summed E-state index contributed by atoms with van der Waals surface area (Å²) in [6.45, 7) is 5.11. The predicted molar refractivity (Wildman–Crippen MR) is 93.6 cm³/mol. The van der Waals surface area contributed by atoms with E-state index in [0.29, 0.717) is 12.5 Å². The summed E-state index contributed by atoms with van der Waals surface area (Å²) < 4.78 is 0. The van der Waals surface area contributed by atoms with Gasteiger partial charge in [0.05, 0.1) is 24.8 Å². The number of halogens is 1. The van der Waals surface area contributed by atoms with Gasteiger partial charge in [-0.1, -0.05) is 30.3 Å². The summed E-state index contributed by atoms with van der Waals surface area (Å²) in [7, 11) is 0. The van der Waals surface area contributed by atoms with Crippen molar-refractivity contribution >= 4 is 17.5 Å².